The number of nitrogens with two attached hydrogens (primary N) is 1. The lowest BCUT2D eigenvalue weighted by Gasteiger charge is -2.36. The van der Waals surface area contributed by atoms with Crippen molar-refractivity contribution in [3.05, 3.63) is 0 Å². The molecule has 0 bridgehead atoms. The van der Waals surface area contributed by atoms with Crippen molar-refractivity contribution in [2.75, 3.05) is 33.7 Å². The first kappa shape index (κ1) is 16.4. The van der Waals surface area contributed by atoms with Crippen molar-refractivity contribution in [1.29, 1.82) is 0 Å². The Labute approximate surface area is 116 Å². The lowest BCUT2D eigenvalue weighted by atomic mass is 9.96. The zero-order valence-corrected chi connectivity index (χ0v) is 12.6. The number of carbonyl (C=O) groups is 1. The number of carboxylic acids is 1. The summed E-state index contributed by atoms with van der Waals surface area (Å²) in [7, 11) is 4.34. The van der Waals surface area contributed by atoms with Crippen LogP contribution in [-0.4, -0.2) is 66.2 Å². The fraction of sp³-hybridized carbons (Fsp3) is 0.929. The standard InChI is InChI=1S/C14H29N3O2/c1-14(15,13(18)19)8-4-5-10-17(3)12-7-6-9-16(2)11-12/h12H,4-11,15H2,1-3H3,(H,18,19). The summed E-state index contributed by atoms with van der Waals surface area (Å²) in [5.74, 6) is -0.908. The topological polar surface area (TPSA) is 69.8 Å². The number of rotatable bonds is 7. The largest absolute Gasteiger partial charge is 0.480 e. The highest BCUT2D eigenvalue weighted by Crippen LogP contribution is 2.15. The van der Waals surface area contributed by atoms with E-state index >= 15 is 0 Å². The van der Waals surface area contributed by atoms with Crippen LogP contribution in [0.3, 0.4) is 0 Å². The molecular formula is C14H29N3O2. The van der Waals surface area contributed by atoms with Crippen LogP contribution >= 0.6 is 0 Å². The third-order valence-electron chi connectivity index (χ3n) is 4.17. The number of aliphatic carboxylic acids is 1. The summed E-state index contributed by atoms with van der Waals surface area (Å²) in [5, 5.41) is 8.94. The summed E-state index contributed by atoms with van der Waals surface area (Å²) in [5.41, 5.74) is 4.64. The minimum Gasteiger partial charge on any atom is -0.480 e. The molecule has 1 rings (SSSR count). The number of carboxylic acid groups (broad SMARTS) is 1. The highest BCUT2D eigenvalue weighted by molar-refractivity contribution is 5.77. The lowest BCUT2D eigenvalue weighted by molar-refractivity contribution is -0.142. The summed E-state index contributed by atoms with van der Waals surface area (Å²) in [6.07, 6.45) is 4.96. The van der Waals surface area contributed by atoms with Gasteiger partial charge in [-0.15, -0.1) is 0 Å². The zero-order valence-electron chi connectivity index (χ0n) is 12.6. The fourth-order valence-corrected chi connectivity index (χ4v) is 2.64. The smallest absolute Gasteiger partial charge is 0.323 e. The molecule has 0 aromatic heterocycles. The average Bonchev–Trinajstić information content (AvgIpc) is 2.34. The Kier molecular flexibility index (Phi) is 6.23. The van der Waals surface area contributed by atoms with Crippen LogP contribution in [0.15, 0.2) is 0 Å². The van der Waals surface area contributed by atoms with Crippen molar-refractivity contribution >= 4 is 5.97 Å². The summed E-state index contributed by atoms with van der Waals surface area (Å²) >= 11 is 0. The van der Waals surface area contributed by atoms with E-state index in [0.29, 0.717) is 12.5 Å². The average molecular weight is 271 g/mol. The van der Waals surface area contributed by atoms with E-state index in [1.165, 1.54) is 19.4 Å². The van der Waals surface area contributed by atoms with Gasteiger partial charge in [-0.3, -0.25) is 4.79 Å². The van der Waals surface area contributed by atoms with Crippen molar-refractivity contribution in [3.63, 3.8) is 0 Å². The third kappa shape index (κ3) is 5.47. The molecule has 1 aliphatic heterocycles. The molecule has 0 spiro atoms. The summed E-state index contributed by atoms with van der Waals surface area (Å²) in [6, 6.07) is 0.641. The summed E-state index contributed by atoms with van der Waals surface area (Å²) in [4.78, 5) is 15.7. The molecule has 0 aliphatic carbocycles. The van der Waals surface area contributed by atoms with Crippen LogP contribution in [0.4, 0.5) is 0 Å². The highest BCUT2D eigenvalue weighted by Gasteiger charge is 2.27. The Morgan fingerprint density at radius 2 is 2.21 bits per heavy atom. The van der Waals surface area contributed by atoms with E-state index in [0.717, 1.165) is 25.9 Å². The van der Waals surface area contributed by atoms with E-state index in [4.69, 9.17) is 10.8 Å². The van der Waals surface area contributed by atoms with Crippen molar-refractivity contribution in [3.8, 4) is 0 Å². The van der Waals surface area contributed by atoms with Crippen LogP contribution < -0.4 is 5.73 Å². The fourth-order valence-electron chi connectivity index (χ4n) is 2.64. The van der Waals surface area contributed by atoms with E-state index < -0.39 is 11.5 Å². The second-order valence-corrected chi connectivity index (χ2v) is 6.22. The molecule has 5 heteroatoms. The lowest BCUT2D eigenvalue weighted by Crippen LogP contribution is -2.46. The molecule has 0 aromatic rings. The van der Waals surface area contributed by atoms with Gasteiger partial charge in [-0.1, -0.05) is 0 Å². The molecule has 2 unspecified atom stereocenters. The molecule has 112 valence electrons. The van der Waals surface area contributed by atoms with Gasteiger partial charge < -0.3 is 20.6 Å². The van der Waals surface area contributed by atoms with Crippen LogP contribution in [0.5, 0.6) is 0 Å². The van der Waals surface area contributed by atoms with Crippen LogP contribution in [-0.2, 0) is 4.79 Å². The van der Waals surface area contributed by atoms with E-state index in [-0.39, 0.29) is 0 Å². The number of likely N-dealkylation sites (N-methyl/N-ethyl adjacent to an activating group) is 2. The first-order valence-electron chi connectivity index (χ1n) is 7.24. The Morgan fingerprint density at radius 1 is 1.53 bits per heavy atom. The molecule has 0 radical (unpaired) electrons. The number of piperidine rings is 1. The predicted octanol–water partition coefficient (Wildman–Crippen LogP) is 0.985. The van der Waals surface area contributed by atoms with Gasteiger partial charge in [0.25, 0.3) is 0 Å². The number of unbranched alkanes of at least 4 members (excludes halogenated alkanes) is 1. The number of hydrogen-bond donors (Lipinski definition) is 2. The monoisotopic (exact) mass is 271 g/mol. The molecule has 2 atom stereocenters. The molecule has 1 aliphatic rings. The molecule has 19 heavy (non-hydrogen) atoms. The molecule has 1 heterocycles. The van der Waals surface area contributed by atoms with Gasteiger partial charge in [-0.05, 0) is 66.2 Å². The van der Waals surface area contributed by atoms with Gasteiger partial charge in [0.2, 0.25) is 0 Å². The number of hydrogen-bond acceptors (Lipinski definition) is 4. The normalized spacial score (nSPS) is 24.4. The van der Waals surface area contributed by atoms with E-state index in [1.54, 1.807) is 6.92 Å². The van der Waals surface area contributed by atoms with Crippen LogP contribution in [0.2, 0.25) is 0 Å². The number of nitrogens with zero attached hydrogens (tertiary/aromatic N) is 2. The van der Waals surface area contributed by atoms with Crippen molar-refractivity contribution in [2.24, 2.45) is 5.73 Å². The van der Waals surface area contributed by atoms with Crippen LogP contribution in [0.1, 0.15) is 39.0 Å². The van der Waals surface area contributed by atoms with E-state index in [1.807, 2.05) is 0 Å². The molecular weight excluding hydrogens is 242 g/mol. The maximum Gasteiger partial charge on any atom is 0.323 e. The summed E-state index contributed by atoms with van der Waals surface area (Å²) < 4.78 is 0. The minimum atomic E-state index is -1.08. The molecule has 1 fully saturated rings. The van der Waals surface area contributed by atoms with Crippen LogP contribution in [0.25, 0.3) is 0 Å². The molecule has 0 amide bonds. The van der Waals surface area contributed by atoms with Gasteiger partial charge in [-0.2, -0.15) is 0 Å². The SMILES string of the molecule is CN1CCCC(N(C)CCCCC(C)(N)C(=O)O)C1. The minimum absolute atomic E-state index is 0.542. The molecule has 3 N–H and O–H groups in total. The quantitative estimate of drug-likeness (QED) is 0.676. The van der Waals surface area contributed by atoms with E-state index in [9.17, 15) is 4.79 Å². The first-order valence-corrected chi connectivity index (χ1v) is 7.24. The Balaban J connectivity index is 2.20. The van der Waals surface area contributed by atoms with Crippen LogP contribution in [0, 0.1) is 0 Å². The Bertz CT molecular complexity index is 294. The summed E-state index contributed by atoms with van der Waals surface area (Å²) in [6.45, 7) is 4.96. The molecule has 1 saturated heterocycles. The highest BCUT2D eigenvalue weighted by atomic mass is 16.4. The molecule has 5 nitrogen and oxygen atoms in total. The van der Waals surface area contributed by atoms with E-state index in [2.05, 4.69) is 23.9 Å². The van der Waals surface area contributed by atoms with Crippen molar-refractivity contribution < 1.29 is 9.90 Å². The Hall–Kier alpha value is -0.650. The van der Waals surface area contributed by atoms with Gasteiger partial charge in [0.05, 0.1) is 0 Å². The van der Waals surface area contributed by atoms with Gasteiger partial charge in [0.15, 0.2) is 0 Å². The van der Waals surface area contributed by atoms with Gasteiger partial charge in [-0.25, -0.2) is 0 Å². The Morgan fingerprint density at radius 3 is 2.79 bits per heavy atom. The molecule has 0 saturated carbocycles. The zero-order chi connectivity index (χ0) is 14.5. The maximum absolute atomic E-state index is 10.9. The third-order valence-corrected chi connectivity index (χ3v) is 4.17. The first-order chi connectivity index (χ1) is 8.83. The molecule has 0 aromatic carbocycles. The maximum atomic E-state index is 10.9. The predicted molar refractivity (Wildman–Crippen MR) is 77.2 cm³/mol. The second-order valence-electron chi connectivity index (χ2n) is 6.22. The second kappa shape index (κ2) is 7.22. The van der Waals surface area contributed by atoms with Crippen molar-refractivity contribution in [1.82, 2.24) is 9.80 Å². The number of likely N-dealkylation sites (tertiary alicyclic amines) is 1. The van der Waals surface area contributed by atoms with Gasteiger partial charge >= 0.3 is 5.97 Å². The van der Waals surface area contributed by atoms with Gasteiger partial charge in [0.1, 0.15) is 5.54 Å². The van der Waals surface area contributed by atoms with Gasteiger partial charge in [0, 0.05) is 12.6 Å². The van der Waals surface area contributed by atoms with Crippen molar-refractivity contribution in [2.45, 2.75) is 50.6 Å².